The number of carbonyl (C=O) groups excluding carboxylic acids is 2. The number of nitrogens with zero attached hydrogens (tertiary/aromatic N) is 4. The van der Waals surface area contributed by atoms with Gasteiger partial charge in [0, 0.05) is 6.04 Å². The first kappa shape index (κ1) is 23.0. The standard InChI is InChI=1S/C23H27ClN6O3/c1-3-14(2)18(22(32)33-12-15-7-5-4-6-8-15)27-17(31)11-30(16-9-10-16)21-19-20(26-13-25-19)28-23(24)29-21/h4-8,13-14,16,18H,3,9-12H2,1-2H3,(H,27,31)(H,25,26,28,29)/t14-,18-/m0/s1. The highest BCUT2D eigenvalue weighted by Gasteiger charge is 2.35. The molecule has 2 N–H and O–H groups in total. The predicted molar refractivity (Wildman–Crippen MR) is 125 cm³/mol. The third-order valence-electron chi connectivity index (χ3n) is 5.82. The first-order valence-electron chi connectivity index (χ1n) is 11.1. The fourth-order valence-electron chi connectivity index (χ4n) is 3.62. The van der Waals surface area contributed by atoms with Gasteiger partial charge in [0.05, 0.1) is 12.9 Å². The first-order chi connectivity index (χ1) is 16.0. The van der Waals surface area contributed by atoms with Crippen molar-refractivity contribution in [3.05, 3.63) is 47.5 Å². The maximum absolute atomic E-state index is 13.1. The maximum Gasteiger partial charge on any atom is 0.329 e. The van der Waals surface area contributed by atoms with Crippen molar-refractivity contribution in [2.24, 2.45) is 5.92 Å². The lowest BCUT2D eigenvalue weighted by atomic mass is 9.99. The lowest BCUT2D eigenvalue weighted by Gasteiger charge is -2.26. The van der Waals surface area contributed by atoms with Gasteiger partial charge in [-0.05, 0) is 35.9 Å². The van der Waals surface area contributed by atoms with Crippen molar-refractivity contribution < 1.29 is 14.3 Å². The number of amides is 1. The van der Waals surface area contributed by atoms with Crippen LogP contribution >= 0.6 is 11.6 Å². The summed E-state index contributed by atoms with van der Waals surface area (Å²) in [7, 11) is 0. The Labute approximate surface area is 196 Å². The number of aromatic amines is 1. The molecule has 2 atom stereocenters. The summed E-state index contributed by atoms with van der Waals surface area (Å²) in [6.07, 6.45) is 4.12. The van der Waals surface area contributed by atoms with E-state index in [9.17, 15) is 9.59 Å². The number of hydrogen-bond donors (Lipinski definition) is 2. The molecule has 1 aliphatic rings. The maximum atomic E-state index is 13.1. The Kier molecular flexibility index (Phi) is 7.08. The van der Waals surface area contributed by atoms with Crippen molar-refractivity contribution in [2.75, 3.05) is 11.4 Å². The van der Waals surface area contributed by atoms with Gasteiger partial charge in [0.25, 0.3) is 0 Å². The number of rotatable bonds is 10. The number of nitrogens with one attached hydrogen (secondary N) is 2. The van der Waals surface area contributed by atoms with Crippen LogP contribution in [0.4, 0.5) is 5.82 Å². The molecular weight excluding hydrogens is 444 g/mol. The van der Waals surface area contributed by atoms with Crippen LogP contribution in [0.1, 0.15) is 38.7 Å². The molecule has 0 bridgehead atoms. The van der Waals surface area contributed by atoms with E-state index in [2.05, 4.69) is 25.3 Å². The number of carbonyl (C=O) groups is 2. The monoisotopic (exact) mass is 470 g/mol. The molecule has 0 radical (unpaired) electrons. The number of aromatic nitrogens is 4. The molecule has 10 heteroatoms. The zero-order valence-corrected chi connectivity index (χ0v) is 19.4. The molecule has 1 aliphatic carbocycles. The summed E-state index contributed by atoms with van der Waals surface area (Å²) >= 11 is 6.09. The number of benzene rings is 1. The summed E-state index contributed by atoms with van der Waals surface area (Å²) in [5, 5.41) is 2.95. The van der Waals surface area contributed by atoms with Gasteiger partial charge in [-0.2, -0.15) is 9.97 Å². The lowest BCUT2D eigenvalue weighted by Crippen LogP contribution is -2.49. The fraction of sp³-hybridized carbons (Fsp3) is 0.435. The van der Waals surface area contributed by atoms with Crippen molar-refractivity contribution in [1.82, 2.24) is 25.3 Å². The van der Waals surface area contributed by atoms with Gasteiger partial charge in [-0.25, -0.2) is 9.78 Å². The van der Waals surface area contributed by atoms with Gasteiger partial charge in [0.1, 0.15) is 18.2 Å². The Hall–Kier alpha value is -3.20. The van der Waals surface area contributed by atoms with E-state index in [4.69, 9.17) is 16.3 Å². The Morgan fingerprint density at radius 3 is 2.73 bits per heavy atom. The number of anilines is 1. The number of esters is 1. The van der Waals surface area contributed by atoms with Crippen LogP contribution in [0.2, 0.25) is 5.28 Å². The van der Waals surface area contributed by atoms with Crippen molar-refractivity contribution in [2.45, 2.75) is 51.8 Å². The quantitative estimate of drug-likeness (QED) is 0.345. The van der Waals surface area contributed by atoms with E-state index in [-0.39, 0.29) is 36.3 Å². The Balaban J connectivity index is 1.46. The minimum atomic E-state index is -0.742. The molecule has 4 rings (SSSR count). The Morgan fingerprint density at radius 2 is 2.03 bits per heavy atom. The number of fused-ring (bicyclic) bond motifs is 1. The summed E-state index contributed by atoms with van der Waals surface area (Å²) in [5.41, 5.74) is 1.96. The number of imidazole rings is 1. The van der Waals surface area contributed by atoms with Gasteiger partial charge in [-0.1, -0.05) is 50.6 Å². The average molecular weight is 471 g/mol. The molecular formula is C23H27ClN6O3. The van der Waals surface area contributed by atoms with Crippen LogP contribution in [0.15, 0.2) is 36.7 Å². The molecule has 33 heavy (non-hydrogen) atoms. The third-order valence-corrected chi connectivity index (χ3v) is 5.99. The van der Waals surface area contributed by atoms with E-state index >= 15 is 0 Å². The molecule has 1 fully saturated rings. The third kappa shape index (κ3) is 5.60. The van der Waals surface area contributed by atoms with Crippen LogP contribution in [0.3, 0.4) is 0 Å². The second-order valence-electron chi connectivity index (χ2n) is 8.30. The van der Waals surface area contributed by atoms with Crippen LogP contribution in [0.25, 0.3) is 11.2 Å². The minimum absolute atomic E-state index is 0.0328. The van der Waals surface area contributed by atoms with E-state index in [0.29, 0.717) is 23.4 Å². The van der Waals surface area contributed by atoms with E-state index in [1.807, 2.05) is 49.1 Å². The van der Waals surface area contributed by atoms with Crippen LogP contribution in [-0.4, -0.2) is 50.4 Å². The largest absolute Gasteiger partial charge is 0.459 e. The van der Waals surface area contributed by atoms with Crippen molar-refractivity contribution >= 4 is 40.5 Å². The number of hydrogen-bond acceptors (Lipinski definition) is 7. The molecule has 2 aromatic heterocycles. The zero-order valence-electron chi connectivity index (χ0n) is 18.6. The molecule has 0 saturated heterocycles. The van der Waals surface area contributed by atoms with Crippen molar-refractivity contribution in [3.8, 4) is 0 Å². The molecule has 1 aromatic carbocycles. The summed E-state index contributed by atoms with van der Waals surface area (Å²) in [6, 6.07) is 8.88. The fourth-order valence-corrected chi connectivity index (χ4v) is 3.78. The van der Waals surface area contributed by atoms with Crippen LogP contribution in [-0.2, 0) is 20.9 Å². The minimum Gasteiger partial charge on any atom is -0.459 e. The second-order valence-corrected chi connectivity index (χ2v) is 8.64. The topological polar surface area (TPSA) is 113 Å². The molecule has 3 aromatic rings. The van der Waals surface area contributed by atoms with Gasteiger partial charge in [0.15, 0.2) is 11.5 Å². The van der Waals surface area contributed by atoms with Crippen molar-refractivity contribution in [1.29, 1.82) is 0 Å². The normalized spacial score (nSPS) is 15.1. The molecule has 0 aliphatic heterocycles. The van der Waals surface area contributed by atoms with Gasteiger partial charge in [-0.15, -0.1) is 0 Å². The molecule has 174 valence electrons. The average Bonchev–Trinajstić information content (AvgIpc) is 3.56. The van der Waals surface area contributed by atoms with Gasteiger partial charge in [-0.3, -0.25) is 4.79 Å². The van der Waals surface area contributed by atoms with E-state index < -0.39 is 12.0 Å². The highest BCUT2D eigenvalue weighted by atomic mass is 35.5. The first-order valence-corrected chi connectivity index (χ1v) is 11.5. The summed E-state index contributed by atoms with van der Waals surface area (Å²) < 4.78 is 5.51. The van der Waals surface area contributed by atoms with E-state index in [1.165, 1.54) is 6.33 Å². The Morgan fingerprint density at radius 1 is 1.27 bits per heavy atom. The van der Waals surface area contributed by atoms with Crippen LogP contribution in [0.5, 0.6) is 0 Å². The molecule has 2 heterocycles. The predicted octanol–water partition coefficient (Wildman–Crippen LogP) is 3.25. The SMILES string of the molecule is CC[C@H](C)[C@H](NC(=O)CN(c1nc(Cl)nc2nc[nH]c12)C1CC1)C(=O)OCc1ccccc1. The van der Waals surface area contributed by atoms with Crippen molar-refractivity contribution in [3.63, 3.8) is 0 Å². The van der Waals surface area contributed by atoms with Crippen LogP contribution < -0.4 is 10.2 Å². The summed E-state index contributed by atoms with van der Waals surface area (Å²) in [6.45, 7) is 4.09. The van der Waals surface area contributed by atoms with E-state index in [0.717, 1.165) is 18.4 Å². The smallest absolute Gasteiger partial charge is 0.329 e. The molecule has 0 spiro atoms. The van der Waals surface area contributed by atoms with E-state index in [1.54, 1.807) is 0 Å². The summed E-state index contributed by atoms with van der Waals surface area (Å²) in [4.78, 5) is 43.4. The van der Waals surface area contributed by atoms with Gasteiger partial charge < -0.3 is 19.9 Å². The second kappa shape index (κ2) is 10.2. The molecule has 9 nitrogen and oxygen atoms in total. The zero-order chi connectivity index (χ0) is 23.4. The highest BCUT2D eigenvalue weighted by molar-refractivity contribution is 6.28. The van der Waals surface area contributed by atoms with Crippen LogP contribution in [0, 0.1) is 5.92 Å². The Bertz CT molecular complexity index is 1120. The number of halogens is 1. The summed E-state index contributed by atoms with van der Waals surface area (Å²) in [5.74, 6) is -0.280. The molecule has 1 saturated carbocycles. The molecule has 0 unspecified atom stereocenters. The number of ether oxygens (including phenoxy) is 1. The lowest BCUT2D eigenvalue weighted by molar-refractivity contribution is -0.150. The van der Waals surface area contributed by atoms with Gasteiger partial charge >= 0.3 is 5.97 Å². The highest BCUT2D eigenvalue weighted by Crippen LogP contribution is 2.33. The van der Waals surface area contributed by atoms with Gasteiger partial charge in [0.2, 0.25) is 11.2 Å². The number of H-pyrrole nitrogens is 1. The molecule has 1 amide bonds.